The van der Waals surface area contributed by atoms with E-state index in [9.17, 15) is 4.79 Å². The molecule has 2 rings (SSSR count). The molecule has 1 heterocycles. The maximum absolute atomic E-state index is 12.0. The van der Waals surface area contributed by atoms with E-state index in [-0.39, 0.29) is 0 Å². The van der Waals surface area contributed by atoms with Crippen molar-refractivity contribution in [3.8, 4) is 17.2 Å². The van der Waals surface area contributed by atoms with Crippen LogP contribution in [0.1, 0.15) is 27.7 Å². The number of carbonyl (C=O) groups is 1. The molecule has 1 unspecified atom stereocenters. The SMILES string of the molecule is CCOC1(C)Oc2cccc(OC(=O)N(CC)CC)c2O1. The van der Waals surface area contributed by atoms with Gasteiger partial charge in [0, 0.05) is 20.0 Å². The van der Waals surface area contributed by atoms with E-state index in [1.807, 2.05) is 20.8 Å². The summed E-state index contributed by atoms with van der Waals surface area (Å²) < 4.78 is 22.1. The van der Waals surface area contributed by atoms with E-state index in [2.05, 4.69) is 0 Å². The second-order valence-electron chi connectivity index (χ2n) is 4.62. The summed E-state index contributed by atoms with van der Waals surface area (Å²) in [7, 11) is 0. The molecule has 1 aromatic carbocycles. The third kappa shape index (κ3) is 3.21. The van der Waals surface area contributed by atoms with Gasteiger partial charge in [-0.2, -0.15) is 0 Å². The van der Waals surface area contributed by atoms with Crippen LogP contribution in [0.2, 0.25) is 0 Å². The molecule has 1 amide bonds. The monoisotopic (exact) mass is 295 g/mol. The number of carbonyl (C=O) groups excluding carboxylic acids is 1. The van der Waals surface area contributed by atoms with Gasteiger partial charge in [-0.15, -0.1) is 0 Å². The fraction of sp³-hybridized carbons (Fsp3) is 0.533. The number of hydrogen-bond donors (Lipinski definition) is 0. The summed E-state index contributed by atoms with van der Waals surface area (Å²) in [6.07, 6.45) is -0.415. The van der Waals surface area contributed by atoms with Crippen molar-refractivity contribution in [3.63, 3.8) is 0 Å². The first-order chi connectivity index (χ1) is 10.0. The molecule has 1 aliphatic rings. The van der Waals surface area contributed by atoms with Gasteiger partial charge in [-0.25, -0.2) is 4.79 Å². The standard InChI is InChI=1S/C15H21NO5/c1-5-16(6-2)14(17)19-11-9-8-10-12-13(11)21-15(4,20-12)18-7-3/h8-10H,5-7H2,1-4H3. The van der Waals surface area contributed by atoms with Gasteiger partial charge in [0.2, 0.25) is 5.75 Å². The maximum atomic E-state index is 12.0. The van der Waals surface area contributed by atoms with Crippen molar-refractivity contribution in [3.05, 3.63) is 18.2 Å². The molecule has 6 nitrogen and oxygen atoms in total. The number of fused-ring (bicyclic) bond motifs is 1. The van der Waals surface area contributed by atoms with Gasteiger partial charge in [0.25, 0.3) is 0 Å². The quantitative estimate of drug-likeness (QED) is 0.835. The van der Waals surface area contributed by atoms with E-state index >= 15 is 0 Å². The molecule has 0 saturated heterocycles. The third-order valence-electron chi connectivity index (χ3n) is 3.15. The van der Waals surface area contributed by atoms with Crippen molar-refractivity contribution in [2.45, 2.75) is 33.7 Å². The molecule has 0 aromatic heterocycles. The molecule has 1 atom stereocenters. The Labute approximate surface area is 124 Å². The molecule has 0 bridgehead atoms. The molecule has 0 fully saturated rings. The lowest BCUT2D eigenvalue weighted by atomic mass is 10.3. The Bertz CT molecular complexity index is 515. The average molecular weight is 295 g/mol. The van der Waals surface area contributed by atoms with Gasteiger partial charge in [0.15, 0.2) is 11.5 Å². The van der Waals surface area contributed by atoms with Crippen LogP contribution in [0, 0.1) is 0 Å². The smallest absolute Gasteiger partial charge is 0.415 e. The molecule has 6 heteroatoms. The zero-order valence-corrected chi connectivity index (χ0v) is 12.8. The van der Waals surface area contributed by atoms with E-state index in [1.54, 1.807) is 30.0 Å². The first-order valence-corrected chi connectivity index (χ1v) is 7.14. The van der Waals surface area contributed by atoms with Crippen molar-refractivity contribution in [1.82, 2.24) is 4.90 Å². The van der Waals surface area contributed by atoms with Gasteiger partial charge in [-0.1, -0.05) is 6.07 Å². The number of nitrogens with zero attached hydrogens (tertiary/aromatic N) is 1. The van der Waals surface area contributed by atoms with Crippen LogP contribution in [0.5, 0.6) is 17.2 Å². The molecule has 0 aliphatic carbocycles. The summed E-state index contributed by atoms with van der Waals surface area (Å²) in [5, 5.41) is 0. The predicted octanol–water partition coefficient (Wildman–Crippen LogP) is 3.01. The van der Waals surface area contributed by atoms with Crippen molar-refractivity contribution in [2.24, 2.45) is 0 Å². The highest BCUT2D eigenvalue weighted by atomic mass is 16.9. The number of ether oxygens (including phenoxy) is 4. The summed E-state index contributed by atoms with van der Waals surface area (Å²) in [5.74, 6) is 0.0204. The maximum Gasteiger partial charge on any atom is 0.415 e. The van der Waals surface area contributed by atoms with E-state index < -0.39 is 12.1 Å². The molecule has 1 aromatic rings. The van der Waals surface area contributed by atoms with Crippen LogP contribution in [0.25, 0.3) is 0 Å². The molecule has 0 saturated carbocycles. The fourth-order valence-corrected chi connectivity index (χ4v) is 2.12. The van der Waals surface area contributed by atoms with Gasteiger partial charge in [0.1, 0.15) is 0 Å². The summed E-state index contributed by atoms with van der Waals surface area (Å²) in [4.78, 5) is 13.6. The summed E-state index contributed by atoms with van der Waals surface area (Å²) in [6, 6.07) is 5.15. The number of para-hydroxylation sites is 1. The van der Waals surface area contributed by atoms with Crippen molar-refractivity contribution in [2.75, 3.05) is 19.7 Å². The van der Waals surface area contributed by atoms with E-state index in [0.29, 0.717) is 36.9 Å². The predicted molar refractivity (Wildman–Crippen MR) is 76.7 cm³/mol. The zero-order chi connectivity index (χ0) is 15.5. The third-order valence-corrected chi connectivity index (χ3v) is 3.15. The molecular formula is C15H21NO5. The Kier molecular flexibility index (Phi) is 4.57. The van der Waals surface area contributed by atoms with E-state index in [4.69, 9.17) is 18.9 Å². The van der Waals surface area contributed by atoms with Crippen LogP contribution in [0.3, 0.4) is 0 Å². The molecule has 0 radical (unpaired) electrons. The van der Waals surface area contributed by atoms with Gasteiger partial charge in [-0.05, 0) is 32.9 Å². The Hall–Kier alpha value is -1.95. The van der Waals surface area contributed by atoms with Gasteiger partial charge in [0.05, 0.1) is 6.61 Å². The summed E-state index contributed by atoms with van der Waals surface area (Å²) in [5.41, 5.74) is 0. The molecule has 21 heavy (non-hydrogen) atoms. The summed E-state index contributed by atoms with van der Waals surface area (Å²) in [6.45, 7) is 8.92. The van der Waals surface area contributed by atoms with E-state index in [0.717, 1.165) is 0 Å². The molecule has 0 spiro atoms. The fourth-order valence-electron chi connectivity index (χ4n) is 2.12. The normalized spacial score (nSPS) is 19.4. The molecule has 0 N–H and O–H groups in total. The largest absolute Gasteiger partial charge is 0.426 e. The van der Waals surface area contributed by atoms with Crippen LogP contribution < -0.4 is 14.2 Å². The Morgan fingerprint density at radius 2 is 1.95 bits per heavy atom. The Morgan fingerprint density at radius 3 is 2.57 bits per heavy atom. The number of rotatable bonds is 5. The Balaban J connectivity index is 2.18. The van der Waals surface area contributed by atoms with Crippen molar-refractivity contribution in [1.29, 1.82) is 0 Å². The van der Waals surface area contributed by atoms with Crippen LogP contribution >= 0.6 is 0 Å². The van der Waals surface area contributed by atoms with Gasteiger partial charge in [-0.3, -0.25) is 0 Å². The molecule has 1 aliphatic heterocycles. The highest BCUT2D eigenvalue weighted by Gasteiger charge is 2.40. The topological polar surface area (TPSA) is 57.2 Å². The van der Waals surface area contributed by atoms with Crippen LogP contribution in [-0.4, -0.2) is 36.7 Å². The second kappa shape index (κ2) is 6.22. The highest BCUT2D eigenvalue weighted by Crippen LogP contribution is 2.46. The number of benzene rings is 1. The lowest BCUT2D eigenvalue weighted by molar-refractivity contribution is -0.266. The average Bonchev–Trinajstić information content (AvgIpc) is 2.78. The lowest BCUT2D eigenvalue weighted by Crippen LogP contribution is -2.38. The molecular weight excluding hydrogens is 274 g/mol. The highest BCUT2D eigenvalue weighted by molar-refractivity contribution is 5.72. The van der Waals surface area contributed by atoms with Gasteiger partial charge < -0.3 is 23.8 Å². The van der Waals surface area contributed by atoms with Crippen LogP contribution in [0.15, 0.2) is 18.2 Å². The summed E-state index contributed by atoms with van der Waals surface area (Å²) >= 11 is 0. The van der Waals surface area contributed by atoms with Crippen LogP contribution in [0.4, 0.5) is 4.79 Å². The van der Waals surface area contributed by atoms with E-state index in [1.165, 1.54) is 0 Å². The second-order valence-corrected chi connectivity index (χ2v) is 4.62. The molecule has 116 valence electrons. The first-order valence-electron chi connectivity index (χ1n) is 7.14. The van der Waals surface area contributed by atoms with Crippen LogP contribution in [-0.2, 0) is 4.74 Å². The van der Waals surface area contributed by atoms with Gasteiger partial charge >= 0.3 is 12.1 Å². The minimum atomic E-state index is -1.19. The number of amides is 1. The minimum absolute atomic E-state index is 0.327. The Morgan fingerprint density at radius 1 is 1.24 bits per heavy atom. The first kappa shape index (κ1) is 15.4. The van der Waals surface area contributed by atoms with Crippen molar-refractivity contribution >= 4 is 6.09 Å². The number of hydrogen-bond acceptors (Lipinski definition) is 5. The minimum Gasteiger partial charge on any atom is -0.426 e. The zero-order valence-electron chi connectivity index (χ0n) is 12.8. The van der Waals surface area contributed by atoms with Crippen molar-refractivity contribution < 1.29 is 23.7 Å². The lowest BCUT2D eigenvalue weighted by Gasteiger charge is -2.22.